The van der Waals surface area contributed by atoms with Crippen LogP contribution < -0.4 is 4.74 Å². The highest BCUT2D eigenvalue weighted by Gasteiger charge is 2.25. The molecule has 0 bridgehead atoms. The number of hydrogen-bond acceptors (Lipinski definition) is 6. The molecule has 1 aromatic carbocycles. The van der Waals surface area contributed by atoms with Gasteiger partial charge in [0.2, 0.25) is 11.7 Å². The third-order valence-electron chi connectivity index (χ3n) is 3.45. The van der Waals surface area contributed by atoms with Crippen LogP contribution in [0.5, 0.6) is 5.75 Å². The largest absolute Gasteiger partial charge is 0.492 e. The fourth-order valence-corrected chi connectivity index (χ4v) is 2.36. The van der Waals surface area contributed by atoms with Crippen molar-refractivity contribution < 1.29 is 18.4 Å². The second-order valence-corrected chi connectivity index (χ2v) is 5.14. The lowest BCUT2D eigenvalue weighted by Gasteiger charge is -2.31. The average molecular weight is 307 g/mol. The summed E-state index contributed by atoms with van der Waals surface area (Å²) in [5, 5.41) is 3.90. The summed E-state index contributed by atoms with van der Waals surface area (Å²) in [5.74, 6) is 1.36. The SMILES string of the molecule is Cc1nc([C@H]2CN(CCOc3cccc(F)c3)CCO2)no1. The van der Waals surface area contributed by atoms with Gasteiger partial charge in [-0.05, 0) is 12.1 Å². The van der Waals surface area contributed by atoms with Gasteiger partial charge >= 0.3 is 0 Å². The minimum absolute atomic E-state index is 0.180. The van der Waals surface area contributed by atoms with Crippen molar-refractivity contribution in [1.29, 1.82) is 0 Å². The molecular weight excluding hydrogens is 289 g/mol. The molecule has 0 aliphatic carbocycles. The van der Waals surface area contributed by atoms with Gasteiger partial charge in [0.05, 0.1) is 6.61 Å². The molecule has 1 aliphatic rings. The lowest BCUT2D eigenvalue weighted by atomic mass is 10.2. The van der Waals surface area contributed by atoms with Crippen LogP contribution in [0.1, 0.15) is 17.8 Å². The van der Waals surface area contributed by atoms with Gasteiger partial charge in [0.1, 0.15) is 24.3 Å². The molecular formula is C15H18FN3O3. The van der Waals surface area contributed by atoms with E-state index in [0.29, 0.717) is 37.2 Å². The highest BCUT2D eigenvalue weighted by atomic mass is 19.1. The maximum absolute atomic E-state index is 13.1. The standard InChI is InChI=1S/C15H18FN3O3/c1-11-17-15(18-22-11)14-10-19(6-8-21-14)5-7-20-13-4-2-3-12(16)9-13/h2-4,9,14H,5-8,10H2,1H3/t14-/m1/s1. The topological polar surface area (TPSA) is 60.6 Å². The third kappa shape index (κ3) is 3.80. The molecule has 1 atom stereocenters. The van der Waals surface area contributed by atoms with Gasteiger partial charge in [0.15, 0.2) is 0 Å². The van der Waals surface area contributed by atoms with Gasteiger partial charge in [-0.3, -0.25) is 4.90 Å². The quantitative estimate of drug-likeness (QED) is 0.841. The molecule has 0 saturated carbocycles. The average Bonchev–Trinajstić information content (AvgIpc) is 2.94. The number of nitrogens with zero attached hydrogens (tertiary/aromatic N) is 3. The number of morpholine rings is 1. The van der Waals surface area contributed by atoms with Crippen LogP contribution in [0.3, 0.4) is 0 Å². The van der Waals surface area contributed by atoms with E-state index < -0.39 is 0 Å². The van der Waals surface area contributed by atoms with Gasteiger partial charge in [-0.1, -0.05) is 11.2 Å². The van der Waals surface area contributed by atoms with Crippen LogP contribution >= 0.6 is 0 Å². The van der Waals surface area contributed by atoms with E-state index in [2.05, 4.69) is 15.0 Å². The van der Waals surface area contributed by atoms with E-state index in [1.165, 1.54) is 12.1 Å². The van der Waals surface area contributed by atoms with Crippen LogP contribution in [0, 0.1) is 12.7 Å². The summed E-state index contributed by atoms with van der Waals surface area (Å²) in [4.78, 5) is 6.41. The van der Waals surface area contributed by atoms with Crippen LogP contribution in [0.2, 0.25) is 0 Å². The van der Waals surface area contributed by atoms with Gasteiger partial charge in [0.25, 0.3) is 0 Å². The van der Waals surface area contributed by atoms with Crippen molar-refractivity contribution in [3.63, 3.8) is 0 Å². The Hall–Kier alpha value is -1.99. The van der Waals surface area contributed by atoms with Crippen LogP contribution in [-0.2, 0) is 4.74 Å². The van der Waals surface area contributed by atoms with Crippen molar-refractivity contribution in [1.82, 2.24) is 15.0 Å². The van der Waals surface area contributed by atoms with Crippen LogP contribution in [-0.4, -0.2) is 47.9 Å². The zero-order valence-corrected chi connectivity index (χ0v) is 12.4. The molecule has 3 rings (SSSR count). The first kappa shape index (κ1) is 14.9. The molecule has 0 amide bonds. The predicted octanol–water partition coefficient (Wildman–Crippen LogP) is 1.97. The summed E-state index contributed by atoms with van der Waals surface area (Å²) in [6.07, 6.45) is -0.180. The number of halogens is 1. The Labute approximate surface area is 127 Å². The summed E-state index contributed by atoms with van der Waals surface area (Å²) < 4.78 is 29.3. The Balaban J connectivity index is 1.48. The zero-order valence-electron chi connectivity index (χ0n) is 12.4. The van der Waals surface area contributed by atoms with E-state index in [4.69, 9.17) is 14.0 Å². The van der Waals surface area contributed by atoms with Gasteiger partial charge in [0, 0.05) is 32.6 Å². The first-order valence-corrected chi connectivity index (χ1v) is 7.23. The lowest BCUT2D eigenvalue weighted by Crippen LogP contribution is -2.40. The normalized spacial score (nSPS) is 19.3. The molecule has 6 nitrogen and oxygen atoms in total. The van der Waals surface area contributed by atoms with E-state index in [1.807, 2.05) is 0 Å². The number of rotatable bonds is 5. The van der Waals surface area contributed by atoms with Gasteiger partial charge in [-0.2, -0.15) is 4.98 Å². The molecule has 1 aromatic heterocycles. The minimum atomic E-state index is -0.295. The van der Waals surface area contributed by atoms with Gasteiger partial charge in [-0.15, -0.1) is 0 Å². The molecule has 118 valence electrons. The van der Waals surface area contributed by atoms with E-state index >= 15 is 0 Å². The number of benzene rings is 1. The molecule has 22 heavy (non-hydrogen) atoms. The van der Waals surface area contributed by atoms with Gasteiger partial charge in [-0.25, -0.2) is 4.39 Å². The minimum Gasteiger partial charge on any atom is -0.492 e. The fourth-order valence-electron chi connectivity index (χ4n) is 2.36. The summed E-state index contributed by atoms with van der Waals surface area (Å²) in [6.45, 7) is 5.09. The maximum Gasteiger partial charge on any atom is 0.223 e. The first-order chi connectivity index (χ1) is 10.7. The van der Waals surface area contributed by atoms with Crippen molar-refractivity contribution in [2.45, 2.75) is 13.0 Å². The van der Waals surface area contributed by atoms with E-state index in [9.17, 15) is 4.39 Å². The summed E-state index contributed by atoms with van der Waals surface area (Å²) in [5.41, 5.74) is 0. The van der Waals surface area contributed by atoms with Crippen molar-refractivity contribution in [3.05, 3.63) is 41.8 Å². The molecule has 2 heterocycles. The molecule has 1 saturated heterocycles. The van der Waals surface area contributed by atoms with Gasteiger partial charge < -0.3 is 14.0 Å². The Morgan fingerprint density at radius 2 is 2.36 bits per heavy atom. The molecule has 2 aromatic rings. The molecule has 7 heteroatoms. The fraction of sp³-hybridized carbons (Fsp3) is 0.467. The smallest absolute Gasteiger partial charge is 0.223 e. The number of ether oxygens (including phenoxy) is 2. The second kappa shape index (κ2) is 6.85. The van der Waals surface area contributed by atoms with Crippen LogP contribution in [0.4, 0.5) is 4.39 Å². The predicted molar refractivity (Wildman–Crippen MR) is 76.1 cm³/mol. The summed E-state index contributed by atoms with van der Waals surface area (Å²) >= 11 is 0. The Morgan fingerprint density at radius 1 is 1.45 bits per heavy atom. The zero-order chi connectivity index (χ0) is 15.4. The van der Waals surface area contributed by atoms with Crippen molar-refractivity contribution in [2.75, 3.05) is 32.8 Å². The molecule has 1 fully saturated rings. The highest BCUT2D eigenvalue weighted by molar-refractivity contribution is 5.22. The molecule has 1 aliphatic heterocycles. The Bertz CT molecular complexity index is 620. The van der Waals surface area contributed by atoms with E-state index in [-0.39, 0.29) is 11.9 Å². The summed E-state index contributed by atoms with van der Waals surface area (Å²) in [7, 11) is 0. The van der Waals surface area contributed by atoms with Crippen molar-refractivity contribution in [3.8, 4) is 5.75 Å². The monoisotopic (exact) mass is 307 g/mol. The van der Waals surface area contributed by atoms with E-state index in [0.717, 1.165) is 13.1 Å². The Kier molecular flexibility index (Phi) is 4.65. The number of hydrogen-bond donors (Lipinski definition) is 0. The molecule has 0 unspecified atom stereocenters. The highest BCUT2D eigenvalue weighted by Crippen LogP contribution is 2.19. The van der Waals surface area contributed by atoms with E-state index in [1.54, 1.807) is 19.1 Å². The van der Waals surface area contributed by atoms with Crippen molar-refractivity contribution in [2.24, 2.45) is 0 Å². The first-order valence-electron chi connectivity index (χ1n) is 7.23. The molecule has 0 radical (unpaired) electrons. The van der Waals surface area contributed by atoms with Crippen molar-refractivity contribution >= 4 is 0 Å². The summed E-state index contributed by atoms with van der Waals surface area (Å²) in [6, 6.07) is 6.15. The number of aryl methyl sites for hydroxylation is 1. The number of aromatic nitrogens is 2. The van der Waals surface area contributed by atoms with Crippen LogP contribution in [0.15, 0.2) is 28.8 Å². The lowest BCUT2D eigenvalue weighted by molar-refractivity contribution is -0.0379. The van der Waals surface area contributed by atoms with Crippen LogP contribution in [0.25, 0.3) is 0 Å². The molecule has 0 spiro atoms. The Morgan fingerprint density at radius 3 is 3.14 bits per heavy atom. The molecule has 0 N–H and O–H groups in total. The second-order valence-electron chi connectivity index (χ2n) is 5.14. The maximum atomic E-state index is 13.1. The third-order valence-corrected chi connectivity index (χ3v) is 3.45.